The quantitative estimate of drug-likeness (QED) is 0.774. The maximum absolute atomic E-state index is 5.55. The van der Waals surface area contributed by atoms with Gasteiger partial charge in [-0.2, -0.15) is 15.0 Å². The van der Waals surface area contributed by atoms with Crippen LogP contribution >= 0.6 is 0 Å². The summed E-state index contributed by atoms with van der Waals surface area (Å²) in [6.45, 7) is 2.41. The molecule has 0 saturated heterocycles. The average Bonchev–Trinajstić information content (AvgIpc) is 2.49. The lowest BCUT2D eigenvalue weighted by molar-refractivity contribution is 0.318. The van der Waals surface area contributed by atoms with Crippen LogP contribution in [0.15, 0.2) is 12.1 Å². The van der Waals surface area contributed by atoms with E-state index in [2.05, 4.69) is 25.1 Å². The first-order valence-corrected chi connectivity index (χ1v) is 6.74. The van der Waals surface area contributed by atoms with Crippen LogP contribution in [0.25, 0.3) is 0 Å². The Balaban J connectivity index is 2.24. The van der Waals surface area contributed by atoms with Gasteiger partial charge in [0, 0.05) is 40.3 Å². The first-order valence-electron chi connectivity index (χ1n) is 6.74. The lowest BCUT2D eigenvalue weighted by Gasteiger charge is -2.15. The molecule has 2 aromatic heterocycles. The Morgan fingerprint density at radius 1 is 0.864 bits per heavy atom. The number of aromatic nitrogens is 5. The summed E-state index contributed by atoms with van der Waals surface area (Å²) in [6, 6.07) is 3.47. The zero-order valence-electron chi connectivity index (χ0n) is 13.3. The van der Waals surface area contributed by atoms with Crippen molar-refractivity contribution in [1.29, 1.82) is 0 Å². The van der Waals surface area contributed by atoms with Gasteiger partial charge in [-0.3, -0.25) is 0 Å². The highest BCUT2D eigenvalue weighted by Gasteiger charge is 2.12. The zero-order chi connectivity index (χ0) is 16.1. The van der Waals surface area contributed by atoms with Gasteiger partial charge in [-0.05, 0) is 6.92 Å². The molecular weight excluding hydrogens is 286 g/mol. The molecule has 2 aromatic rings. The largest absolute Gasteiger partial charge is 0.477 e. The van der Waals surface area contributed by atoms with Crippen molar-refractivity contribution in [3.8, 4) is 17.8 Å². The molecule has 0 amide bonds. The Hall–Kier alpha value is -2.71. The van der Waals surface area contributed by atoms with E-state index in [1.54, 1.807) is 21.9 Å². The van der Waals surface area contributed by atoms with Gasteiger partial charge < -0.3 is 19.3 Å². The Morgan fingerprint density at radius 2 is 1.41 bits per heavy atom. The predicted octanol–water partition coefficient (Wildman–Crippen LogP) is 0.985. The van der Waals surface area contributed by atoms with Crippen molar-refractivity contribution in [3.63, 3.8) is 0 Å². The van der Waals surface area contributed by atoms with E-state index >= 15 is 0 Å². The molecule has 2 rings (SSSR count). The second-order valence-electron chi connectivity index (χ2n) is 4.75. The van der Waals surface area contributed by atoms with E-state index in [9.17, 15) is 0 Å². The fourth-order valence-corrected chi connectivity index (χ4v) is 1.46. The van der Waals surface area contributed by atoms with Gasteiger partial charge in [-0.15, -0.1) is 10.2 Å². The van der Waals surface area contributed by atoms with E-state index in [0.29, 0.717) is 24.4 Å². The summed E-state index contributed by atoms with van der Waals surface area (Å²) in [6.07, 6.45) is 0. The Bertz CT molecular complexity index is 590. The third-order valence-electron chi connectivity index (χ3n) is 2.49. The van der Waals surface area contributed by atoms with Crippen molar-refractivity contribution < 1.29 is 9.47 Å². The van der Waals surface area contributed by atoms with Crippen LogP contribution in [0.3, 0.4) is 0 Å². The molecule has 0 fully saturated rings. The summed E-state index contributed by atoms with van der Waals surface area (Å²) >= 11 is 0. The summed E-state index contributed by atoms with van der Waals surface area (Å²) in [5.74, 6) is 1.71. The predicted molar refractivity (Wildman–Crippen MR) is 81.8 cm³/mol. The van der Waals surface area contributed by atoms with Crippen LogP contribution in [-0.4, -0.2) is 59.9 Å². The van der Waals surface area contributed by atoms with Crippen LogP contribution < -0.4 is 19.3 Å². The molecule has 0 saturated carbocycles. The van der Waals surface area contributed by atoms with E-state index in [4.69, 9.17) is 9.47 Å². The summed E-state index contributed by atoms with van der Waals surface area (Å²) in [5.41, 5.74) is 0. The summed E-state index contributed by atoms with van der Waals surface area (Å²) in [7, 11) is 7.37. The van der Waals surface area contributed by atoms with Crippen LogP contribution in [0.5, 0.6) is 17.8 Å². The molecule has 22 heavy (non-hydrogen) atoms. The Morgan fingerprint density at radius 3 is 1.86 bits per heavy atom. The molecule has 0 spiro atoms. The summed E-state index contributed by atoms with van der Waals surface area (Å²) < 4.78 is 10.8. The molecule has 9 heteroatoms. The molecular formula is C13H19N7O2. The first-order chi connectivity index (χ1) is 10.5. The molecule has 0 N–H and O–H groups in total. The van der Waals surface area contributed by atoms with Gasteiger partial charge in [0.15, 0.2) is 0 Å². The normalized spacial score (nSPS) is 10.2. The SMILES string of the molecule is CCOc1ccc(Oc2nc(N(C)C)nc(N(C)C)n2)nn1. The van der Waals surface area contributed by atoms with Crippen LogP contribution in [0.4, 0.5) is 11.9 Å². The van der Waals surface area contributed by atoms with Gasteiger partial charge in [0.25, 0.3) is 0 Å². The van der Waals surface area contributed by atoms with Crippen molar-refractivity contribution in [2.24, 2.45) is 0 Å². The van der Waals surface area contributed by atoms with Gasteiger partial charge >= 0.3 is 6.01 Å². The highest BCUT2D eigenvalue weighted by atomic mass is 16.5. The summed E-state index contributed by atoms with van der Waals surface area (Å²) in [5, 5.41) is 7.81. The molecule has 0 aliphatic heterocycles. The van der Waals surface area contributed by atoms with Crippen molar-refractivity contribution in [2.45, 2.75) is 6.92 Å². The van der Waals surface area contributed by atoms with Crippen LogP contribution in [-0.2, 0) is 0 Å². The second kappa shape index (κ2) is 6.83. The fraction of sp³-hybridized carbons (Fsp3) is 0.462. The van der Waals surface area contributed by atoms with Crippen LogP contribution in [0.2, 0.25) is 0 Å². The first kappa shape index (κ1) is 15.7. The van der Waals surface area contributed by atoms with Crippen molar-refractivity contribution in [3.05, 3.63) is 12.1 Å². The van der Waals surface area contributed by atoms with Crippen LogP contribution in [0, 0.1) is 0 Å². The van der Waals surface area contributed by atoms with Crippen molar-refractivity contribution >= 4 is 11.9 Å². The number of hydrogen-bond acceptors (Lipinski definition) is 9. The topological polar surface area (TPSA) is 89.4 Å². The van der Waals surface area contributed by atoms with Gasteiger partial charge in [0.2, 0.25) is 23.7 Å². The lowest BCUT2D eigenvalue weighted by Crippen LogP contribution is -2.19. The minimum absolute atomic E-state index is 0.154. The Labute approximate surface area is 128 Å². The van der Waals surface area contributed by atoms with E-state index in [1.807, 2.05) is 35.1 Å². The molecule has 0 bridgehead atoms. The molecule has 118 valence electrons. The van der Waals surface area contributed by atoms with Gasteiger partial charge in [-0.25, -0.2) is 0 Å². The fourth-order valence-electron chi connectivity index (χ4n) is 1.46. The minimum atomic E-state index is 0.154. The number of ether oxygens (including phenoxy) is 2. The minimum Gasteiger partial charge on any atom is -0.477 e. The maximum atomic E-state index is 5.55. The number of nitrogens with zero attached hydrogens (tertiary/aromatic N) is 7. The lowest BCUT2D eigenvalue weighted by atomic mass is 10.5. The van der Waals surface area contributed by atoms with E-state index in [1.165, 1.54) is 0 Å². The molecule has 0 aliphatic rings. The molecule has 0 unspecified atom stereocenters. The van der Waals surface area contributed by atoms with Gasteiger partial charge in [-0.1, -0.05) is 0 Å². The van der Waals surface area contributed by atoms with E-state index in [0.717, 1.165) is 0 Å². The third kappa shape index (κ3) is 3.90. The number of rotatable bonds is 6. The molecule has 2 heterocycles. The standard InChI is InChI=1S/C13H19N7O2/c1-6-21-9-7-8-10(18-17-9)22-13-15-11(19(2)3)14-12(16-13)20(4)5/h7-8H,6H2,1-5H3. The molecule has 0 atom stereocenters. The molecule has 0 radical (unpaired) electrons. The van der Waals surface area contributed by atoms with Crippen molar-refractivity contribution in [2.75, 3.05) is 44.6 Å². The highest BCUT2D eigenvalue weighted by Crippen LogP contribution is 2.20. The highest BCUT2D eigenvalue weighted by molar-refractivity contribution is 5.38. The Kier molecular flexibility index (Phi) is 4.87. The molecule has 9 nitrogen and oxygen atoms in total. The smallest absolute Gasteiger partial charge is 0.330 e. The zero-order valence-corrected chi connectivity index (χ0v) is 13.3. The number of anilines is 2. The van der Waals surface area contributed by atoms with Crippen LogP contribution in [0.1, 0.15) is 6.92 Å². The third-order valence-corrected chi connectivity index (χ3v) is 2.49. The summed E-state index contributed by atoms with van der Waals surface area (Å²) in [4.78, 5) is 16.3. The van der Waals surface area contributed by atoms with E-state index < -0.39 is 0 Å². The monoisotopic (exact) mass is 305 g/mol. The van der Waals surface area contributed by atoms with Gasteiger partial charge in [0.1, 0.15) is 0 Å². The maximum Gasteiger partial charge on any atom is 0.330 e. The van der Waals surface area contributed by atoms with Gasteiger partial charge in [0.05, 0.1) is 6.61 Å². The number of hydrogen-bond donors (Lipinski definition) is 0. The molecule has 0 aliphatic carbocycles. The van der Waals surface area contributed by atoms with Crippen molar-refractivity contribution in [1.82, 2.24) is 25.1 Å². The van der Waals surface area contributed by atoms with E-state index in [-0.39, 0.29) is 11.9 Å². The second-order valence-corrected chi connectivity index (χ2v) is 4.75. The molecule has 0 aromatic carbocycles. The average molecular weight is 305 g/mol.